The fourth-order valence-corrected chi connectivity index (χ4v) is 3.16. The van der Waals surface area contributed by atoms with Gasteiger partial charge in [-0.15, -0.1) is 0 Å². The predicted molar refractivity (Wildman–Crippen MR) is 63.2 cm³/mol. The summed E-state index contributed by atoms with van der Waals surface area (Å²) in [5.41, 5.74) is -2.87. The third-order valence-electron chi connectivity index (χ3n) is 4.52. The summed E-state index contributed by atoms with van der Waals surface area (Å²) in [7, 11) is 0. The number of ether oxygens (including phenoxy) is 1. The Balaban J connectivity index is 2.56. The molecule has 0 amide bonds. The van der Waals surface area contributed by atoms with E-state index in [9.17, 15) is 15.3 Å². The van der Waals surface area contributed by atoms with Gasteiger partial charge in [0.25, 0.3) is 0 Å². The van der Waals surface area contributed by atoms with Crippen LogP contribution in [0.5, 0.6) is 0 Å². The summed E-state index contributed by atoms with van der Waals surface area (Å²) in [5, 5.41) is 31.0. The first-order valence-electron chi connectivity index (χ1n) is 6.07. The Bertz CT molecular complexity index is 360. The van der Waals surface area contributed by atoms with Crippen molar-refractivity contribution in [3.8, 4) is 0 Å². The van der Waals surface area contributed by atoms with Crippen molar-refractivity contribution in [1.82, 2.24) is 0 Å². The molecule has 0 aromatic carbocycles. The molecule has 1 saturated carbocycles. The van der Waals surface area contributed by atoms with Gasteiger partial charge in [-0.2, -0.15) is 0 Å². The van der Waals surface area contributed by atoms with Crippen LogP contribution < -0.4 is 0 Å². The molecule has 2 rings (SSSR count). The predicted octanol–water partition coefficient (Wildman–Crippen LogP) is 0.952. The zero-order chi connectivity index (χ0) is 13.1. The third kappa shape index (κ3) is 1.58. The van der Waals surface area contributed by atoms with E-state index in [2.05, 4.69) is 0 Å². The van der Waals surface area contributed by atoms with Crippen molar-refractivity contribution in [3.63, 3.8) is 0 Å². The minimum atomic E-state index is -1.45. The van der Waals surface area contributed by atoms with Crippen molar-refractivity contribution in [2.75, 3.05) is 0 Å². The van der Waals surface area contributed by atoms with Crippen molar-refractivity contribution in [3.05, 3.63) is 12.2 Å². The van der Waals surface area contributed by atoms with Crippen LogP contribution in [0, 0.1) is 5.41 Å². The maximum Gasteiger partial charge on any atom is 0.183 e. The molecule has 3 N–H and O–H groups in total. The second kappa shape index (κ2) is 3.32. The fraction of sp³-hybridized carbons (Fsp3) is 0.846. The number of hydrogen-bond acceptors (Lipinski definition) is 4. The second-order valence-corrected chi connectivity index (χ2v) is 6.30. The molecule has 1 heterocycles. The summed E-state index contributed by atoms with van der Waals surface area (Å²) in [4.78, 5) is 0. The highest BCUT2D eigenvalue weighted by atomic mass is 16.7. The van der Waals surface area contributed by atoms with E-state index in [-0.39, 0.29) is 0 Å². The molecule has 4 heteroatoms. The van der Waals surface area contributed by atoms with Gasteiger partial charge in [-0.05, 0) is 38.8 Å². The zero-order valence-corrected chi connectivity index (χ0v) is 10.9. The second-order valence-electron chi connectivity index (χ2n) is 6.30. The minimum Gasteiger partial charge on any atom is -0.390 e. The zero-order valence-electron chi connectivity index (χ0n) is 10.9. The summed E-state index contributed by atoms with van der Waals surface area (Å²) in [6.45, 7) is 7.06. The van der Waals surface area contributed by atoms with Crippen LogP contribution in [0.4, 0.5) is 0 Å². The average Bonchev–Trinajstić information content (AvgIpc) is 2.18. The van der Waals surface area contributed by atoms with Gasteiger partial charge in [0.05, 0.1) is 6.10 Å². The van der Waals surface area contributed by atoms with Gasteiger partial charge in [0.1, 0.15) is 11.2 Å². The highest BCUT2D eigenvalue weighted by molar-refractivity contribution is 5.26. The first kappa shape index (κ1) is 13.0. The summed E-state index contributed by atoms with van der Waals surface area (Å²) in [6.07, 6.45) is 3.50. The molecule has 1 aliphatic carbocycles. The summed E-state index contributed by atoms with van der Waals surface area (Å²) in [6, 6.07) is 0. The van der Waals surface area contributed by atoms with E-state index in [1.807, 2.05) is 13.8 Å². The summed E-state index contributed by atoms with van der Waals surface area (Å²) < 4.78 is 5.58. The quantitative estimate of drug-likeness (QED) is 0.553. The summed E-state index contributed by atoms with van der Waals surface area (Å²) >= 11 is 0. The topological polar surface area (TPSA) is 69.9 Å². The Morgan fingerprint density at radius 1 is 1.12 bits per heavy atom. The lowest BCUT2D eigenvalue weighted by atomic mass is 9.56. The number of rotatable bonds is 0. The Kier molecular flexibility index (Phi) is 2.54. The van der Waals surface area contributed by atoms with Gasteiger partial charge in [0.2, 0.25) is 0 Å². The lowest BCUT2D eigenvalue weighted by Crippen LogP contribution is -2.72. The Morgan fingerprint density at radius 2 is 1.71 bits per heavy atom. The van der Waals surface area contributed by atoms with Gasteiger partial charge in [-0.25, -0.2) is 0 Å². The largest absolute Gasteiger partial charge is 0.390 e. The van der Waals surface area contributed by atoms with Crippen molar-refractivity contribution < 1.29 is 20.1 Å². The lowest BCUT2D eigenvalue weighted by molar-refractivity contribution is -0.335. The molecule has 0 radical (unpaired) electrons. The Labute approximate surface area is 102 Å². The first-order chi connectivity index (χ1) is 7.54. The molecular weight excluding hydrogens is 220 g/mol. The van der Waals surface area contributed by atoms with Gasteiger partial charge in [-0.3, -0.25) is 0 Å². The molecule has 2 aliphatic rings. The molecule has 4 atom stereocenters. The van der Waals surface area contributed by atoms with Gasteiger partial charge in [-0.1, -0.05) is 13.8 Å². The van der Waals surface area contributed by atoms with E-state index in [0.717, 1.165) is 0 Å². The maximum atomic E-state index is 10.9. The molecule has 0 aromatic rings. The molecule has 1 fully saturated rings. The van der Waals surface area contributed by atoms with Crippen LogP contribution in [0.25, 0.3) is 0 Å². The van der Waals surface area contributed by atoms with E-state index in [1.165, 1.54) is 13.0 Å². The van der Waals surface area contributed by atoms with Crippen molar-refractivity contribution in [2.24, 2.45) is 5.41 Å². The molecule has 0 aromatic heterocycles. The molecule has 0 unspecified atom stereocenters. The van der Waals surface area contributed by atoms with E-state index in [0.29, 0.717) is 12.8 Å². The molecule has 4 nitrogen and oxygen atoms in total. The standard InChI is InChI=1S/C13H22O4/c1-10(2)6-5-9(14)12(4)13(10,16)8-7-11(3,15)17-12/h7-9,14-16H,5-6H2,1-4H3/t9-,11-,12-,13+/m0/s1. The molecule has 0 bridgehead atoms. The molecule has 98 valence electrons. The molecular formula is C13H22O4. The molecule has 0 spiro atoms. The first-order valence-corrected chi connectivity index (χ1v) is 6.07. The molecule has 17 heavy (non-hydrogen) atoms. The van der Waals surface area contributed by atoms with Crippen LogP contribution in [0.3, 0.4) is 0 Å². The average molecular weight is 242 g/mol. The monoisotopic (exact) mass is 242 g/mol. The lowest BCUT2D eigenvalue weighted by Gasteiger charge is -2.60. The molecule has 0 saturated heterocycles. The number of aliphatic hydroxyl groups is 3. The smallest absolute Gasteiger partial charge is 0.183 e. The van der Waals surface area contributed by atoms with Gasteiger partial charge < -0.3 is 20.1 Å². The van der Waals surface area contributed by atoms with Crippen LogP contribution in [0.15, 0.2) is 12.2 Å². The van der Waals surface area contributed by atoms with E-state index in [1.54, 1.807) is 13.0 Å². The molecule has 1 aliphatic heterocycles. The minimum absolute atomic E-state index is 0.409. The van der Waals surface area contributed by atoms with Gasteiger partial charge in [0, 0.05) is 5.41 Å². The highest BCUT2D eigenvalue weighted by Crippen LogP contribution is 2.54. The van der Waals surface area contributed by atoms with Crippen LogP contribution in [-0.2, 0) is 4.74 Å². The van der Waals surface area contributed by atoms with Gasteiger partial charge >= 0.3 is 0 Å². The number of aliphatic hydroxyl groups excluding tert-OH is 1. The fourth-order valence-electron chi connectivity index (χ4n) is 3.16. The van der Waals surface area contributed by atoms with Crippen LogP contribution in [0.1, 0.15) is 40.5 Å². The SMILES string of the molecule is CC1(C)CC[C@H](O)[C@]2(C)O[C@](C)(O)C=C[C@@]12O. The number of hydrogen-bond donors (Lipinski definition) is 3. The van der Waals surface area contributed by atoms with Crippen LogP contribution in [0.2, 0.25) is 0 Å². The van der Waals surface area contributed by atoms with Crippen molar-refractivity contribution in [1.29, 1.82) is 0 Å². The third-order valence-corrected chi connectivity index (χ3v) is 4.52. The normalized spacial score (nSPS) is 53.2. The Hall–Kier alpha value is -0.420. The maximum absolute atomic E-state index is 10.9. The highest BCUT2D eigenvalue weighted by Gasteiger charge is 2.65. The van der Waals surface area contributed by atoms with Crippen LogP contribution in [-0.4, -0.2) is 38.4 Å². The van der Waals surface area contributed by atoms with E-state index >= 15 is 0 Å². The Morgan fingerprint density at radius 3 is 2.29 bits per heavy atom. The van der Waals surface area contributed by atoms with Crippen molar-refractivity contribution in [2.45, 2.75) is 63.6 Å². The van der Waals surface area contributed by atoms with E-state index < -0.39 is 28.5 Å². The van der Waals surface area contributed by atoms with Gasteiger partial charge in [0.15, 0.2) is 5.79 Å². The summed E-state index contributed by atoms with van der Waals surface area (Å²) in [5.74, 6) is -1.45. The number of fused-ring (bicyclic) bond motifs is 1. The van der Waals surface area contributed by atoms with Crippen molar-refractivity contribution >= 4 is 0 Å². The van der Waals surface area contributed by atoms with Crippen LogP contribution >= 0.6 is 0 Å². The van der Waals surface area contributed by atoms with E-state index in [4.69, 9.17) is 4.74 Å².